The third kappa shape index (κ3) is 5.15. The second-order valence-electron chi connectivity index (χ2n) is 8.45. The predicted octanol–water partition coefficient (Wildman–Crippen LogP) is 5.62. The lowest BCUT2D eigenvalue weighted by Gasteiger charge is -2.11. The molecule has 8 nitrogen and oxygen atoms in total. The molecule has 1 N–H and O–H groups in total. The molecule has 1 amide bonds. The van der Waals surface area contributed by atoms with Crippen LogP contribution in [0, 0.1) is 29.1 Å². The first kappa shape index (κ1) is 27.5. The highest BCUT2D eigenvalue weighted by Crippen LogP contribution is 2.33. The van der Waals surface area contributed by atoms with Crippen LogP contribution in [-0.2, 0) is 12.7 Å². The number of alkyl halides is 3. The van der Waals surface area contributed by atoms with Crippen LogP contribution in [0.1, 0.15) is 21.7 Å². The van der Waals surface area contributed by atoms with E-state index in [-0.39, 0.29) is 17.2 Å². The molecule has 0 fully saturated rings. The van der Waals surface area contributed by atoms with E-state index in [0.29, 0.717) is 15.8 Å². The van der Waals surface area contributed by atoms with E-state index in [4.69, 9.17) is 4.74 Å². The summed E-state index contributed by atoms with van der Waals surface area (Å²) >= 11 is 0. The molecule has 16 heteroatoms. The highest BCUT2D eigenvalue weighted by atomic mass is 19.4. The summed E-state index contributed by atoms with van der Waals surface area (Å²) in [7, 11) is 1.43. The maximum atomic E-state index is 14.0. The second kappa shape index (κ2) is 10.2. The number of amides is 1. The summed E-state index contributed by atoms with van der Waals surface area (Å²) in [6, 6.07) is 8.98. The van der Waals surface area contributed by atoms with Crippen molar-refractivity contribution in [3.63, 3.8) is 0 Å². The minimum atomic E-state index is -4.87. The number of carbonyl (C=O) groups is 1. The summed E-state index contributed by atoms with van der Waals surface area (Å²) in [5, 5.41) is 9.74. The highest BCUT2D eigenvalue weighted by molar-refractivity contribution is 6.03. The number of halogens is 8. The Morgan fingerprint density at radius 1 is 0.902 bits per heavy atom. The molecule has 0 atom stereocenters. The van der Waals surface area contributed by atoms with E-state index in [2.05, 4.69) is 20.5 Å². The van der Waals surface area contributed by atoms with Gasteiger partial charge in [-0.15, -0.1) is 0 Å². The van der Waals surface area contributed by atoms with Gasteiger partial charge < -0.3 is 10.1 Å². The Hall–Kier alpha value is -5.02. The number of carbonyl (C=O) groups excluding carboxylic acids is 1. The van der Waals surface area contributed by atoms with Crippen LogP contribution < -0.4 is 10.1 Å². The number of nitrogens with one attached hydrogen (secondary N) is 1. The Morgan fingerprint density at radius 3 is 2.15 bits per heavy atom. The lowest BCUT2D eigenvalue weighted by atomic mass is 10.1. The van der Waals surface area contributed by atoms with Crippen molar-refractivity contribution in [1.29, 1.82) is 0 Å². The number of benzene rings is 2. The molecule has 41 heavy (non-hydrogen) atoms. The maximum Gasteiger partial charge on any atom is 0.433 e. The van der Waals surface area contributed by atoms with E-state index >= 15 is 0 Å². The molecular weight excluding hydrogens is 568 g/mol. The van der Waals surface area contributed by atoms with Gasteiger partial charge in [0.15, 0.2) is 46.1 Å². The topological polar surface area (TPSA) is 86.3 Å². The molecule has 2 aromatic carbocycles. The summed E-state index contributed by atoms with van der Waals surface area (Å²) < 4.78 is 116. The summed E-state index contributed by atoms with van der Waals surface area (Å²) in [6.45, 7) is -0.886. The Balaban J connectivity index is 1.42. The van der Waals surface area contributed by atoms with Crippen LogP contribution in [0.25, 0.3) is 16.9 Å². The van der Waals surface area contributed by atoms with Crippen molar-refractivity contribution in [2.24, 2.45) is 0 Å². The van der Waals surface area contributed by atoms with Crippen molar-refractivity contribution in [2.45, 2.75) is 12.7 Å². The average molecular weight is 582 g/mol. The third-order valence-corrected chi connectivity index (χ3v) is 5.84. The number of anilines is 1. The first-order valence-corrected chi connectivity index (χ1v) is 11.3. The van der Waals surface area contributed by atoms with Crippen LogP contribution in [0.3, 0.4) is 0 Å². The first-order chi connectivity index (χ1) is 19.4. The second-order valence-corrected chi connectivity index (χ2v) is 8.45. The zero-order valence-corrected chi connectivity index (χ0v) is 20.4. The Labute approximate surface area is 223 Å². The van der Waals surface area contributed by atoms with Gasteiger partial charge in [0.25, 0.3) is 5.91 Å². The van der Waals surface area contributed by atoms with Crippen LogP contribution in [0.2, 0.25) is 0 Å². The van der Waals surface area contributed by atoms with Crippen molar-refractivity contribution in [1.82, 2.24) is 24.4 Å². The van der Waals surface area contributed by atoms with Gasteiger partial charge >= 0.3 is 6.18 Å². The molecular formula is C25H14F8N6O2. The lowest BCUT2D eigenvalue weighted by Crippen LogP contribution is -2.16. The van der Waals surface area contributed by atoms with Gasteiger partial charge in [-0.1, -0.05) is 0 Å². The number of hydrogen-bond donors (Lipinski definition) is 1. The van der Waals surface area contributed by atoms with Crippen molar-refractivity contribution < 1.29 is 44.7 Å². The number of rotatable bonds is 6. The zero-order chi connectivity index (χ0) is 29.6. The quantitative estimate of drug-likeness (QED) is 0.160. The summed E-state index contributed by atoms with van der Waals surface area (Å²) in [6.07, 6.45) is -3.80. The van der Waals surface area contributed by atoms with Crippen LogP contribution in [0.4, 0.5) is 40.9 Å². The van der Waals surface area contributed by atoms with E-state index < -0.39 is 64.7 Å². The van der Waals surface area contributed by atoms with Gasteiger partial charge in [-0.2, -0.15) is 23.4 Å². The summed E-state index contributed by atoms with van der Waals surface area (Å²) in [5.74, 6) is -11.5. The lowest BCUT2D eigenvalue weighted by molar-refractivity contribution is -0.142. The molecule has 0 bridgehead atoms. The SMILES string of the molecule is COc1ccc(-c2cc(C(F)(F)F)n3nc(C(=O)Nc4ccn(Cc5c(F)c(F)c(F)c(F)c5F)n4)cc3n2)cc1. The standard InChI is InChI=1S/C25H14F8N6O2/c1-41-12-4-2-11(3-5-12)14-8-16(25(31,32)33)39-18(34-14)9-15(36-39)24(40)35-17-6-7-38(37-17)10-13-19(26)21(28)23(30)22(29)20(13)27/h2-9H,10H2,1H3,(H,35,37,40). The molecule has 0 aliphatic rings. The van der Waals surface area contributed by atoms with Gasteiger partial charge in [0, 0.05) is 23.9 Å². The molecule has 0 unspecified atom stereocenters. The Bertz CT molecular complexity index is 1770. The highest BCUT2D eigenvalue weighted by Gasteiger charge is 2.36. The summed E-state index contributed by atoms with van der Waals surface area (Å²) in [5.41, 5.74) is -2.87. The van der Waals surface area contributed by atoms with E-state index in [0.717, 1.165) is 29.1 Å². The van der Waals surface area contributed by atoms with E-state index in [1.54, 1.807) is 0 Å². The molecule has 0 saturated heterocycles. The minimum Gasteiger partial charge on any atom is -0.497 e. The Kier molecular flexibility index (Phi) is 6.84. The molecule has 5 aromatic rings. The predicted molar refractivity (Wildman–Crippen MR) is 125 cm³/mol. The minimum absolute atomic E-state index is 0.0498. The molecule has 0 radical (unpaired) electrons. The van der Waals surface area contributed by atoms with Gasteiger partial charge in [-0.05, 0) is 30.3 Å². The number of hydrogen-bond acceptors (Lipinski definition) is 5. The molecule has 3 heterocycles. The zero-order valence-electron chi connectivity index (χ0n) is 20.4. The van der Waals surface area contributed by atoms with Gasteiger partial charge in [0.05, 0.1) is 24.9 Å². The number of aromatic nitrogens is 5. The van der Waals surface area contributed by atoms with E-state index in [1.807, 2.05) is 0 Å². The molecule has 212 valence electrons. The number of methoxy groups -OCH3 is 1. The van der Waals surface area contributed by atoms with E-state index in [9.17, 15) is 39.9 Å². The van der Waals surface area contributed by atoms with Crippen molar-refractivity contribution >= 4 is 17.4 Å². The number of nitrogens with zero attached hydrogens (tertiary/aromatic N) is 5. The fourth-order valence-electron chi connectivity index (χ4n) is 3.84. The monoisotopic (exact) mass is 582 g/mol. The molecule has 0 aliphatic heterocycles. The number of fused-ring (bicyclic) bond motifs is 1. The third-order valence-electron chi connectivity index (χ3n) is 5.84. The van der Waals surface area contributed by atoms with Crippen LogP contribution >= 0.6 is 0 Å². The van der Waals surface area contributed by atoms with Gasteiger partial charge in [0.1, 0.15) is 5.75 Å². The van der Waals surface area contributed by atoms with Crippen LogP contribution in [0.15, 0.2) is 48.7 Å². The summed E-state index contributed by atoms with van der Waals surface area (Å²) in [4.78, 5) is 16.9. The normalized spacial score (nSPS) is 11.7. The van der Waals surface area contributed by atoms with Crippen LogP contribution in [0.5, 0.6) is 5.75 Å². The maximum absolute atomic E-state index is 14.0. The van der Waals surface area contributed by atoms with Gasteiger partial charge in [-0.3, -0.25) is 9.48 Å². The van der Waals surface area contributed by atoms with E-state index in [1.165, 1.54) is 31.4 Å². The molecule has 0 spiro atoms. The smallest absolute Gasteiger partial charge is 0.433 e. The molecule has 3 aromatic heterocycles. The van der Waals surface area contributed by atoms with Gasteiger partial charge in [-0.25, -0.2) is 31.5 Å². The Morgan fingerprint density at radius 2 is 1.54 bits per heavy atom. The van der Waals surface area contributed by atoms with Crippen molar-refractivity contribution in [2.75, 3.05) is 12.4 Å². The fraction of sp³-hybridized carbons (Fsp3) is 0.120. The van der Waals surface area contributed by atoms with Crippen molar-refractivity contribution in [3.05, 3.63) is 94.7 Å². The van der Waals surface area contributed by atoms with Crippen LogP contribution in [-0.4, -0.2) is 37.4 Å². The van der Waals surface area contributed by atoms with Crippen molar-refractivity contribution in [3.8, 4) is 17.0 Å². The first-order valence-electron chi connectivity index (χ1n) is 11.3. The largest absolute Gasteiger partial charge is 0.497 e. The number of ether oxygens (including phenoxy) is 1. The molecule has 0 saturated carbocycles. The van der Waals surface area contributed by atoms with Gasteiger partial charge in [0.2, 0.25) is 5.82 Å². The average Bonchev–Trinajstić information content (AvgIpc) is 3.59. The molecule has 5 rings (SSSR count). The molecule has 0 aliphatic carbocycles. The fourth-order valence-corrected chi connectivity index (χ4v) is 3.84.